The van der Waals surface area contributed by atoms with Crippen LogP contribution in [0.15, 0.2) is 11.1 Å². The van der Waals surface area contributed by atoms with Crippen LogP contribution in [0.3, 0.4) is 0 Å². The second-order valence-corrected chi connectivity index (χ2v) is 17.1. The van der Waals surface area contributed by atoms with E-state index in [-0.39, 0.29) is 27.9 Å². The van der Waals surface area contributed by atoms with E-state index in [2.05, 4.69) is 27.7 Å². The van der Waals surface area contributed by atoms with Gasteiger partial charge in [-0.15, -0.1) is 0 Å². The van der Waals surface area contributed by atoms with Gasteiger partial charge in [0.15, 0.2) is 11.9 Å². The predicted molar refractivity (Wildman–Crippen MR) is 168 cm³/mol. The Morgan fingerprint density at radius 2 is 1.59 bits per heavy atom. The van der Waals surface area contributed by atoms with Crippen molar-refractivity contribution in [1.29, 1.82) is 0 Å². The third-order valence-corrected chi connectivity index (χ3v) is 13.2. The van der Waals surface area contributed by atoms with Crippen LogP contribution in [0.2, 0.25) is 0 Å². The molecule has 0 saturated heterocycles. The normalized spacial score (nSPS) is 37.7. The summed E-state index contributed by atoms with van der Waals surface area (Å²) in [5.41, 5.74) is -0.765. The molecule has 2 fully saturated rings. The van der Waals surface area contributed by atoms with E-state index in [0.29, 0.717) is 24.7 Å². The van der Waals surface area contributed by atoms with Crippen molar-refractivity contribution in [3.8, 4) is 0 Å². The number of aliphatic hydroxyl groups is 3. The number of carboxylic acids is 1. The largest absolute Gasteiger partial charge is 0.481 e. The summed E-state index contributed by atoms with van der Waals surface area (Å²) in [4.78, 5) is 37.9. The second-order valence-electron chi connectivity index (χ2n) is 17.1. The minimum atomic E-state index is -1.76. The van der Waals surface area contributed by atoms with E-state index in [1.165, 1.54) is 18.1 Å². The summed E-state index contributed by atoms with van der Waals surface area (Å²) < 4.78 is 5.80. The Hall–Kier alpha value is -1.77. The maximum atomic E-state index is 13.8. The third-order valence-electron chi connectivity index (χ3n) is 13.2. The number of ether oxygens (including phenoxy) is 1. The number of carbonyl (C=O) groups excluding carboxylic acids is 2. The summed E-state index contributed by atoms with van der Waals surface area (Å²) >= 11 is 0. The van der Waals surface area contributed by atoms with Crippen molar-refractivity contribution >= 4 is 17.7 Å². The van der Waals surface area contributed by atoms with Gasteiger partial charge in [-0.05, 0) is 106 Å². The lowest BCUT2D eigenvalue weighted by atomic mass is 9.43. The van der Waals surface area contributed by atoms with Gasteiger partial charge >= 0.3 is 11.9 Å². The van der Waals surface area contributed by atoms with E-state index >= 15 is 0 Å². The van der Waals surface area contributed by atoms with E-state index in [9.17, 15) is 29.7 Å². The summed E-state index contributed by atoms with van der Waals surface area (Å²) in [5.74, 6) is -0.992. The molecular formula is C36H58O8. The molecule has 0 heterocycles. The lowest BCUT2D eigenvalue weighted by Crippen LogP contribution is -2.58. The number of fused-ring (bicyclic) bond motifs is 4. The summed E-state index contributed by atoms with van der Waals surface area (Å²) in [7, 11) is 0. The quantitative estimate of drug-likeness (QED) is 0.173. The van der Waals surface area contributed by atoms with Crippen LogP contribution in [0.1, 0.15) is 133 Å². The van der Waals surface area contributed by atoms with E-state index in [1.54, 1.807) is 13.8 Å². The molecule has 2 unspecified atom stereocenters. The zero-order valence-electron chi connectivity index (χ0n) is 28.6. The zero-order valence-corrected chi connectivity index (χ0v) is 28.6. The van der Waals surface area contributed by atoms with Gasteiger partial charge in [0.25, 0.3) is 0 Å². The summed E-state index contributed by atoms with van der Waals surface area (Å²) in [6, 6.07) is 0. The molecule has 8 nitrogen and oxygen atoms in total. The van der Waals surface area contributed by atoms with E-state index < -0.39 is 53.6 Å². The number of carboxylic acid groups (broad SMARTS) is 1. The number of aliphatic hydroxyl groups excluding tert-OH is 1. The highest BCUT2D eigenvalue weighted by Gasteiger charge is 2.65. The smallest absolute Gasteiger partial charge is 0.309 e. The molecule has 0 spiro atoms. The van der Waals surface area contributed by atoms with Crippen LogP contribution in [0.25, 0.3) is 0 Å². The Bertz CT molecular complexity index is 1190. The number of hydrogen-bond donors (Lipinski definition) is 4. The molecule has 0 amide bonds. The van der Waals surface area contributed by atoms with Gasteiger partial charge in [0.2, 0.25) is 0 Å². The van der Waals surface area contributed by atoms with Gasteiger partial charge in [-0.2, -0.15) is 0 Å². The van der Waals surface area contributed by atoms with Crippen LogP contribution in [0, 0.1) is 39.4 Å². The number of hydrogen-bond acceptors (Lipinski definition) is 7. The number of ketones is 1. The molecule has 0 bridgehead atoms. The van der Waals surface area contributed by atoms with Crippen LogP contribution >= 0.6 is 0 Å². The third kappa shape index (κ3) is 5.92. The molecule has 0 aromatic carbocycles. The number of allylic oxidation sites excluding steroid dienone is 2. The van der Waals surface area contributed by atoms with Gasteiger partial charge in [0.05, 0.1) is 30.1 Å². The van der Waals surface area contributed by atoms with E-state index in [4.69, 9.17) is 9.84 Å². The molecule has 4 aliphatic rings. The van der Waals surface area contributed by atoms with Crippen LogP contribution in [0.4, 0.5) is 0 Å². The number of carbonyl (C=O) groups is 3. The van der Waals surface area contributed by atoms with Crippen molar-refractivity contribution in [2.75, 3.05) is 0 Å². The molecule has 44 heavy (non-hydrogen) atoms. The fraction of sp³-hybridized carbons (Fsp3) is 0.861. The first-order valence-corrected chi connectivity index (χ1v) is 16.8. The molecule has 2 saturated carbocycles. The van der Waals surface area contributed by atoms with Gasteiger partial charge in [0.1, 0.15) is 0 Å². The summed E-state index contributed by atoms with van der Waals surface area (Å²) in [6.45, 7) is 18.1. The minimum Gasteiger partial charge on any atom is -0.481 e. The van der Waals surface area contributed by atoms with Gasteiger partial charge in [0, 0.05) is 11.8 Å². The molecule has 0 aliphatic heterocycles. The Balaban J connectivity index is 1.60. The highest BCUT2D eigenvalue weighted by atomic mass is 16.5. The molecule has 4 N–H and O–H groups in total. The van der Waals surface area contributed by atoms with Crippen molar-refractivity contribution in [3.63, 3.8) is 0 Å². The first-order chi connectivity index (χ1) is 20.0. The SMILES string of the molecule is C[C@H](CCC(O)C(C)(C)O)[C@H]1CC[C@@]2(C)C3=C(CC[C@]12C)[C@@]1(C)C[C@@H](OC(=O)CC(C)(O)CC(=O)O)C(=O)C(C)(C)[C@@H]1CC3. The van der Waals surface area contributed by atoms with Crippen LogP contribution in [-0.4, -0.2) is 61.6 Å². The second kappa shape index (κ2) is 11.5. The van der Waals surface area contributed by atoms with Crippen LogP contribution in [-0.2, 0) is 19.1 Å². The lowest BCUT2D eigenvalue weighted by Gasteiger charge is -2.61. The summed E-state index contributed by atoms with van der Waals surface area (Å²) in [6.07, 6.45) is 5.21. The Labute approximate surface area is 264 Å². The van der Waals surface area contributed by atoms with Crippen molar-refractivity contribution in [3.05, 3.63) is 11.1 Å². The molecule has 8 heteroatoms. The van der Waals surface area contributed by atoms with E-state index in [1.807, 2.05) is 13.8 Å². The van der Waals surface area contributed by atoms with Crippen molar-refractivity contribution in [2.45, 2.75) is 156 Å². The number of esters is 1. The minimum absolute atomic E-state index is 0.0235. The average molecular weight is 619 g/mol. The highest BCUT2D eigenvalue weighted by molar-refractivity contribution is 5.92. The van der Waals surface area contributed by atoms with Gasteiger partial charge < -0.3 is 25.2 Å². The zero-order chi connectivity index (χ0) is 33.3. The molecule has 250 valence electrons. The van der Waals surface area contributed by atoms with E-state index in [0.717, 1.165) is 44.9 Å². The van der Waals surface area contributed by atoms with Crippen molar-refractivity contribution in [2.24, 2.45) is 39.4 Å². The molecule has 0 aromatic heterocycles. The Morgan fingerprint density at radius 3 is 2.18 bits per heavy atom. The van der Waals surface area contributed by atoms with Gasteiger partial charge in [-0.3, -0.25) is 14.4 Å². The highest BCUT2D eigenvalue weighted by Crippen LogP contribution is 2.72. The fourth-order valence-electron chi connectivity index (χ4n) is 10.5. The first-order valence-electron chi connectivity index (χ1n) is 16.8. The molecule has 0 radical (unpaired) electrons. The van der Waals surface area contributed by atoms with Crippen LogP contribution < -0.4 is 0 Å². The number of Topliss-reactive ketones (excluding diaryl/α,β-unsaturated/α-hetero) is 1. The molecule has 4 aliphatic carbocycles. The first kappa shape index (κ1) is 35.1. The lowest BCUT2D eigenvalue weighted by molar-refractivity contribution is -0.174. The maximum Gasteiger partial charge on any atom is 0.309 e. The number of rotatable bonds is 10. The monoisotopic (exact) mass is 618 g/mol. The standard InChI is InChI=1S/C36H58O8/c1-21(10-13-27(37)32(4,5)42)22-14-16-36(9)24-11-12-26-31(2,3)30(41)25(44-29(40)20-33(6,43)19-28(38)39)18-34(26,7)23(24)15-17-35(22,36)8/h21-22,25-27,37,42-43H,10-20H2,1-9H3,(H,38,39)/t21-,22-,25-,26+,27?,33?,34-,35-,36+/m1/s1. The molecule has 4 rings (SSSR count). The Morgan fingerprint density at radius 1 is 0.955 bits per heavy atom. The van der Waals surface area contributed by atoms with Gasteiger partial charge in [-0.1, -0.05) is 52.7 Å². The number of aliphatic carboxylic acids is 1. The topological polar surface area (TPSA) is 141 Å². The van der Waals surface area contributed by atoms with Crippen LogP contribution in [0.5, 0.6) is 0 Å². The average Bonchev–Trinajstić information content (AvgIpc) is 3.15. The Kier molecular flexibility index (Phi) is 9.16. The molecule has 0 aromatic rings. The van der Waals surface area contributed by atoms with Crippen molar-refractivity contribution in [1.82, 2.24) is 0 Å². The molecule has 9 atom stereocenters. The van der Waals surface area contributed by atoms with Gasteiger partial charge in [-0.25, -0.2) is 0 Å². The fourth-order valence-corrected chi connectivity index (χ4v) is 10.5. The predicted octanol–water partition coefficient (Wildman–Crippen LogP) is 5.99. The molecular weight excluding hydrogens is 560 g/mol. The summed E-state index contributed by atoms with van der Waals surface area (Å²) in [5, 5.41) is 40.3. The maximum absolute atomic E-state index is 13.8. The van der Waals surface area contributed by atoms with Crippen molar-refractivity contribution < 1.29 is 39.5 Å².